The molecule has 0 fully saturated rings. The maximum atomic E-state index is 13.2. The van der Waals surface area contributed by atoms with E-state index in [0.29, 0.717) is 24.4 Å². The Balaban J connectivity index is 1.92. The lowest BCUT2D eigenvalue weighted by molar-refractivity contribution is 0.285. The van der Waals surface area contributed by atoms with Crippen molar-refractivity contribution in [3.8, 4) is 17.2 Å². The molecule has 1 heterocycles. The van der Waals surface area contributed by atoms with Crippen molar-refractivity contribution in [3.63, 3.8) is 0 Å². The first kappa shape index (κ1) is 21.8. The topological polar surface area (TPSA) is 60.7 Å². The van der Waals surface area contributed by atoms with Crippen molar-refractivity contribution >= 4 is 10.9 Å². The van der Waals surface area contributed by atoms with Gasteiger partial charge in [0.25, 0.3) is 5.56 Å². The first-order valence-corrected chi connectivity index (χ1v) is 10.8. The van der Waals surface area contributed by atoms with E-state index in [1.807, 2.05) is 30.3 Å². The number of pyridine rings is 1. The van der Waals surface area contributed by atoms with Gasteiger partial charge in [0.2, 0.25) is 5.75 Å². The second kappa shape index (κ2) is 10.7. The number of aryl methyl sites for hydroxylation is 1. The van der Waals surface area contributed by atoms with Gasteiger partial charge >= 0.3 is 0 Å². The zero-order valence-electron chi connectivity index (χ0n) is 17.9. The fourth-order valence-corrected chi connectivity index (χ4v) is 3.71. The van der Waals surface area contributed by atoms with Crippen molar-refractivity contribution in [1.82, 2.24) is 4.57 Å². The highest BCUT2D eigenvalue weighted by Crippen LogP contribution is 2.35. The van der Waals surface area contributed by atoms with Gasteiger partial charge in [-0.25, -0.2) is 0 Å². The van der Waals surface area contributed by atoms with E-state index in [2.05, 4.69) is 6.92 Å². The standard InChI is InChI=1S/C25H31NO4/c1-3-4-5-6-7-11-16-26-22-17-20(27)14-15-21(22)23(24(29-2)25(26)28)30-18-19-12-9-8-10-13-19/h8-10,12-15,17,27H,3-7,11,16,18H2,1-2H3. The number of benzene rings is 2. The van der Waals surface area contributed by atoms with Crippen molar-refractivity contribution in [2.45, 2.75) is 58.6 Å². The molecule has 30 heavy (non-hydrogen) atoms. The number of phenols is 1. The number of methoxy groups -OCH3 is 1. The molecule has 0 spiro atoms. The lowest BCUT2D eigenvalue weighted by Crippen LogP contribution is -2.23. The van der Waals surface area contributed by atoms with E-state index in [0.717, 1.165) is 23.8 Å². The second-order valence-corrected chi connectivity index (χ2v) is 7.56. The molecule has 0 aliphatic heterocycles. The molecule has 0 saturated carbocycles. The van der Waals surface area contributed by atoms with Crippen LogP contribution in [-0.4, -0.2) is 16.8 Å². The molecule has 0 atom stereocenters. The molecule has 5 heteroatoms. The van der Waals surface area contributed by atoms with E-state index in [4.69, 9.17) is 9.47 Å². The Hall–Kier alpha value is -2.95. The van der Waals surface area contributed by atoms with Gasteiger partial charge in [-0.3, -0.25) is 4.79 Å². The molecule has 0 amide bonds. The molecule has 0 bridgehead atoms. The molecular weight excluding hydrogens is 378 g/mol. The van der Waals surface area contributed by atoms with Gasteiger partial charge in [0, 0.05) is 18.0 Å². The van der Waals surface area contributed by atoms with Gasteiger partial charge in [-0.05, 0) is 24.1 Å². The molecule has 0 aliphatic rings. The molecule has 3 aromatic rings. The summed E-state index contributed by atoms with van der Waals surface area (Å²) in [5, 5.41) is 10.8. The van der Waals surface area contributed by atoms with Crippen LogP contribution in [0.15, 0.2) is 53.3 Å². The highest BCUT2D eigenvalue weighted by atomic mass is 16.5. The van der Waals surface area contributed by atoms with Crippen molar-refractivity contribution in [2.24, 2.45) is 0 Å². The fraction of sp³-hybridized carbons (Fsp3) is 0.400. The Kier molecular flexibility index (Phi) is 7.77. The molecule has 2 aromatic carbocycles. The van der Waals surface area contributed by atoms with Crippen molar-refractivity contribution < 1.29 is 14.6 Å². The number of aromatic hydroxyl groups is 1. The SMILES string of the molecule is CCCCCCCCn1c(=O)c(OC)c(OCc2ccccc2)c2ccc(O)cc21. The largest absolute Gasteiger partial charge is 0.508 e. The van der Waals surface area contributed by atoms with Crippen molar-refractivity contribution in [2.75, 3.05) is 7.11 Å². The van der Waals surface area contributed by atoms with Crippen LogP contribution in [-0.2, 0) is 13.2 Å². The number of phenolic OH excluding ortho intramolecular Hbond substituents is 1. The third-order valence-electron chi connectivity index (χ3n) is 5.33. The highest BCUT2D eigenvalue weighted by molar-refractivity contribution is 5.89. The summed E-state index contributed by atoms with van der Waals surface area (Å²) in [5.74, 6) is 0.744. The van der Waals surface area contributed by atoms with Crippen LogP contribution < -0.4 is 15.0 Å². The quantitative estimate of drug-likeness (QED) is 0.415. The first-order chi connectivity index (χ1) is 14.7. The van der Waals surface area contributed by atoms with Gasteiger partial charge < -0.3 is 19.1 Å². The van der Waals surface area contributed by atoms with Crippen LogP contribution >= 0.6 is 0 Å². The Morgan fingerprint density at radius 3 is 2.40 bits per heavy atom. The van der Waals surface area contributed by atoms with Crippen LogP contribution in [0.1, 0.15) is 51.0 Å². The number of hydrogen-bond donors (Lipinski definition) is 1. The molecule has 0 radical (unpaired) electrons. The molecule has 1 N–H and O–H groups in total. The van der Waals surface area contributed by atoms with E-state index in [1.54, 1.807) is 22.8 Å². The van der Waals surface area contributed by atoms with Crippen LogP contribution in [0.4, 0.5) is 0 Å². The molecule has 0 unspecified atom stereocenters. The zero-order chi connectivity index (χ0) is 21.3. The number of aromatic nitrogens is 1. The van der Waals surface area contributed by atoms with Crippen molar-refractivity contribution in [3.05, 3.63) is 64.4 Å². The number of unbranched alkanes of at least 4 members (excludes halogenated alkanes) is 5. The maximum Gasteiger partial charge on any atom is 0.297 e. The normalized spacial score (nSPS) is 11.0. The summed E-state index contributed by atoms with van der Waals surface area (Å²) in [7, 11) is 1.49. The van der Waals surface area contributed by atoms with Crippen LogP contribution in [0.5, 0.6) is 17.2 Å². The predicted octanol–water partition coefficient (Wildman–Crippen LogP) is 5.66. The second-order valence-electron chi connectivity index (χ2n) is 7.56. The molecule has 160 valence electrons. The maximum absolute atomic E-state index is 13.2. The average Bonchev–Trinajstić information content (AvgIpc) is 2.76. The van der Waals surface area contributed by atoms with Gasteiger partial charge in [0.1, 0.15) is 12.4 Å². The predicted molar refractivity (Wildman–Crippen MR) is 121 cm³/mol. The summed E-state index contributed by atoms with van der Waals surface area (Å²) in [6.07, 6.45) is 6.83. The van der Waals surface area contributed by atoms with Gasteiger partial charge in [0.15, 0.2) is 5.75 Å². The van der Waals surface area contributed by atoms with Gasteiger partial charge in [-0.2, -0.15) is 0 Å². The van der Waals surface area contributed by atoms with Gasteiger partial charge in [-0.15, -0.1) is 0 Å². The Bertz CT molecular complexity index is 1010. The van der Waals surface area contributed by atoms with Crippen LogP contribution in [0.25, 0.3) is 10.9 Å². The monoisotopic (exact) mass is 409 g/mol. The van der Waals surface area contributed by atoms with Crippen LogP contribution in [0.2, 0.25) is 0 Å². The lowest BCUT2D eigenvalue weighted by atomic mass is 10.1. The van der Waals surface area contributed by atoms with E-state index >= 15 is 0 Å². The fourth-order valence-electron chi connectivity index (χ4n) is 3.71. The number of nitrogens with zero attached hydrogens (tertiary/aromatic N) is 1. The first-order valence-electron chi connectivity index (χ1n) is 10.8. The highest BCUT2D eigenvalue weighted by Gasteiger charge is 2.19. The molecule has 0 saturated heterocycles. The summed E-state index contributed by atoms with van der Waals surface area (Å²) in [4.78, 5) is 13.2. The van der Waals surface area contributed by atoms with Gasteiger partial charge in [-0.1, -0.05) is 69.4 Å². The minimum absolute atomic E-state index is 0.123. The minimum Gasteiger partial charge on any atom is -0.508 e. The Morgan fingerprint density at radius 1 is 0.933 bits per heavy atom. The molecule has 0 aliphatic carbocycles. The summed E-state index contributed by atoms with van der Waals surface area (Å²) in [5.41, 5.74) is 1.44. The summed E-state index contributed by atoms with van der Waals surface area (Å²) in [6, 6.07) is 14.8. The van der Waals surface area contributed by atoms with E-state index in [1.165, 1.54) is 32.8 Å². The average molecular weight is 410 g/mol. The smallest absolute Gasteiger partial charge is 0.297 e. The van der Waals surface area contributed by atoms with E-state index in [9.17, 15) is 9.90 Å². The lowest BCUT2D eigenvalue weighted by Gasteiger charge is -2.18. The third-order valence-corrected chi connectivity index (χ3v) is 5.33. The molecule has 1 aromatic heterocycles. The number of ether oxygens (including phenoxy) is 2. The van der Waals surface area contributed by atoms with Crippen molar-refractivity contribution in [1.29, 1.82) is 0 Å². The van der Waals surface area contributed by atoms with Crippen LogP contribution in [0, 0.1) is 0 Å². The minimum atomic E-state index is -0.229. The number of hydrogen-bond acceptors (Lipinski definition) is 4. The summed E-state index contributed by atoms with van der Waals surface area (Å²) >= 11 is 0. The summed E-state index contributed by atoms with van der Waals surface area (Å²) < 4.78 is 13.2. The number of rotatable bonds is 11. The number of fused-ring (bicyclic) bond motifs is 1. The van der Waals surface area contributed by atoms with Crippen LogP contribution in [0.3, 0.4) is 0 Å². The molecule has 3 rings (SSSR count). The molecular formula is C25H31NO4. The Labute approximate surface area is 177 Å². The van der Waals surface area contributed by atoms with E-state index in [-0.39, 0.29) is 17.1 Å². The molecule has 5 nitrogen and oxygen atoms in total. The zero-order valence-corrected chi connectivity index (χ0v) is 17.9. The summed E-state index contributed by atoms with van der Waals surface area (Å²) in [6.45, 7) is 3.11. The third kappa shape index (κ3) is 5.15. The van der Waals surface area contributed by atoms with E-state index < -0.39 is 0 Å². The van der Waals surface area contributed by atoms with Gasteiger partial charge in [0.05, 0.1) is 12.6 Å². The Morgan fingerprint density at radius 2 is 1.67 bits per heavy atom.